The lowest BCUT2D eigenvalue weighted by Crippen LogP contribution is -2.47. The first-order valence-electron chi connectivity index (χ1n) is 5.89. The van der Waals surface area contributed by atoms with E-state index in [1.807, 2.05) is 4.72 Å². The van der Waals surface area contributed by atoms with E-state index in [2.05, 4.69) is 15.9 Å². The Hall–Kier alpha value is -0.340. The summed E-state index contributed by atoms with van der Waals surface area (Å²) in [7, 11) is -3.77. The number of carbonyl (C=O) groups excluding carboxylic acids is 1. The molecule has 1 rings (SSSR count). The van der Waals surface area contributed by atoms with Gasteiger partial charge in [0.2, 0.25) is 0 Å². The predicted octanol–water partition coefficient (Wildman–Crippen LogP) is 1.47. The quantitative estimate of drug-likeness (QED) is 0.785. The second-order valence-electron chi connectivity index (χ2n) is 4.56. The van der Waals surface area contributed by atoms with Crippen LogP contribution in [0.5, 0.6) is 0 Å². The molecule has 0 aromatic heterocycles. The monoisotopic (exact) mass is 342 g/mol. The summed E-state index contributed by atoms with van der Waals surface area (Å²) in [6, 6.07) is 0. The van der Waals surface area contributed by atoms with Crippen LogP contribution < -0.4 is 4.72 Å². The zero-order valence-electron chi connectivity index (χ0n) is 10.6. The first-order valence-corrected chi connectivity index (χ1v) is 8.45. The van der Waals surface area contributed by atoms with Gasteiger partial charge in [-0.05, 0) is 32.6 Å². The van der Waals surface area contributed by atoms with Crippen LogP contribution in [0.15, 0.2) is 0 Å². The summed E-state index contributed by atoms with van der Waals surface area (Å²) in [5, 5.41) is 0.879. The van der Waals surface area contributed by atoms with Crippen LogP contribution in [0, 0.1) is 5.92 Å². The highest BCUT2D eigenvalue weighted by atomic mass is 79.9. The van der Waals surface area contributed by atoms with Gasteiger partial charge in [-0.25, -0.2) is 9.52 Å². The maximum Gasteiger partial charge on any atom is 0.422 e. The van der Waals surface area contributed by atoms with Crippen molar-refractivity contribution in [1.29, 1.82) is 0 Å². The molecule has 0 aliphatic carbocycles. The molecule has 1 N–H and O–H groups in total. The Morgan fingerprint density at radius 2 is 2.00 bits per heavy atom. The van der Waals surface area contributed by atoms with E-state index in [1.54, 1.807) is 13.8 Å². The summed E-state index contributed by atoms with van der Waals surface area (Å²) in [6.45, 7) is 4.18. The number of piperidine rings is 1. The molecule has 0 radical (unpaired) electrons. The van der Waals surface area contributed by atoms with Gasteiger partial charge >= 0.3 is 16.3 Å². The van der Waals surface area contributed by atoms with Crippen molar-refractivity contribution < 1.29 is 17.9 Å². The van der Waals surface area contributed by atoms with Crippen molar-refractivity contribution in [2.24, 2.45) is 5.92 Å². The Morgan fingerprint density at radius 1 is 1.44 bits per heavy atom. The minimum absolute atomic E-state index is 0.348. The third kappa shape index (κ3) is 4.74. The van der Waals surface area contributed by atoms with Crippen LogP contribution in [0.25, 0.3) is 0 Å². The number of nitrogens with zero attached hydrogens (tertiary/aromatic N) is 1. The zero-order chi connectivity index (χ0) is 13.8. The number of rotatable bonds is 4. The zero-order valence-corrected chi connectivity index (χ0v) is 13.0. The molecule has 0 bridgehead atoms. The Labute approximate surface area is 116 Å². The molecule has 0 spiro atoms. The Balaban J connectivity index is 2.52. The highest BCUT2D eigenvalue weighted by molar-refractivity contribution is 9.09. The van der Waals surface area contributed by atoms with Crippen LogP contribution >= 0.6 is 15.9 Å². The standard InChI is InChI=1S/C10H19BrN2O4S/c1-8(2)17-10(14)12-18(15,16)13-5-3-9(7-11)4-6-13/h8-9H,3-7H2,1-2H3,(H,12,14). The summed E-state index contributed by atoms with van der Waals surface area (Å²) in [6.07, 6.45) is 0.323. The second kappa shape index (κ2) is 6.72. The third-order valence-corrected chi connectivity index (χ3v) is 5.07. The average Bonchev–Trinajstić information content (AvgIpc) is 2.27. The fraction of sp³-hybridized carbons (Fsp3) is 0.900. The maximum atomic E-state index is 11.9. The first-order chi connectivity index (χ1) is 8.35. The van der Waals surface area contributed by atoms with Gasteiger partial charge in [-0.1, -0.05) is 15.9 Å². The van der Waals surface area contributed by atoms with Crippen LogP contribution in [-0.2, 0) is 14.9 Å². The number of hydrogen-bond donors (Lipinski definition) is 1. The minimum Gasteiger partial charge on any atom is -0.446 e. The number of carbonyl (C=O) groups is 1. The summed E-state index contributed by atoms with van der Waals surface area (Å²) in [5.74, 6) is 0.499. The molecule has 18 heavy (non-hydrogen) atoms. The molecule has 106 valence electrons. The van der Waals surface area contributed by atoms with Gasteiger partial charge in [0.05, 0.1) is 6.10 Å². The molecule has 1 amide bonds. The molecule has 1 fully saturated rings. The van der Waals surface area contributed by atoms with E-state index in [0.29, 0.717) is 19.0 Å². The van der Waals surface area contributed by atoms with Gasteiger partial charge in [-0.15, -0.1) is 0 Å². The highest BCUT2D eigenvalue weighted by Gasteiger charge is 2.29. The molecule has 0 unspecified atom stereocenters. The van der Waals surface area contributed by atoms with Crippen LogP contribution in [0.2, 0.25) is 0 Å². The van der Waals surface area contributed by atoms with Crippen molar-refractivity contribution in [2.75, 3.05) is 18.4 Å². The van der Waals surface area contributed by atoms with Gasteiger partial charge in [0, 0.05) is 18.4 Å². The molecule has 1 aliphatic heterocycles. The summed E-state index contributed by atoms with van der Waals surface area (Å²) in [5.41, 5.74) is 0. The summed E-state index contributed by atoms with van der Waals surface area (Å²) in [4.78, 5) is 11.3. The van der Waals surface area contributed by atoms with E-state index in [1.165, 1.54) is 4.31 Å². The first kappa shape index (κ1) is 15.7. The molecule has 1 heterocycles. The third-order valence-electron chi connectivity index (χ3n) is 2.69. The SMILES string of the molecule is CC(C)OC(=O)NS(=O)(=O)N1CCC(CBr)CC1. The van der Waals surface area contributed by atoms with E-state index in [0.717, 1.165) is 18.2 Å². The largest absolute Gasteiger partial charge is 0.446 e. The Bertz CT molecular complexity index is 377. The van der Waals surface area contributed by atoms with E-state index < -0.39 is 16.3 Å². The summed E-state index contributed by atoms with van der Waals surface area (Å²) >= 11 is 3.39. The number of ether oxygens (including phenoxy) is 1. The molecule has 1 aliphatic rings. The molecule has 1 saturated heterocycles. The van der Waals surface area contributed by atoms with Gasteiger partial charge in [0.15, 0.2) is 0 Å². The fourth-order valence-corrected chi connectivity index (χ4v) is 3.44. The number of hydrogen-bond acceptors (Lipinski definition) is 4. The minimum atomic E-state index is -3.77. The van der Waals surface area contributed by atoms with Gasteiger partial charge in [0.25, 0.3) is 0 Å². The van der Waals surface area contributed by atoms with Crippen LogP contribution in [0.3, 0.4) is 0 Å². The topological polar surface area (TPSA) is 75.7 Å². The van der Waals surface area contributed by atoms with E-state index in [9.17, 15) is 13.2 Å². The Kier molecular flexibility index (Phi) is 5.87. The predicted molar refractivity (Wildman–Crippen MR) is 71.8 cm³/mol. The van der Waals surface area contributed by atoms with Crippen molar-refractivity contribution in [3.05, 3.63) is 0 Å². The fourth-order valence-electron chi connectivity index (χ4n) is 1.71. The lowest BCUT2D eigenvalue weighted by molar-refractivity contribution is 0.120. The maximum absolute atomic E-state index is 11.9. The molecule has 0 atom stereocenters. The molecule has 0 aromatic rings. The van der Waals surface area contributed by atoms with Crippen molar-refractivity contribution in [3.63, 3.8) is 0 Å². The highest BCUT2D eigenvalue weighted by Crippen LogP contribution is 2.20. The van der Waals surface area contributed by atoms with Gasteiger partial charge < -0.3 is 4.74 Å². The van der Waals surface area contributed by atoms with Crippen molar-refractivity contribution in [3.8, 4) is 0 Å². The van der Waals surface area contributed by atoms with Crippen molar-refractivity contribution in [2.45, 2.75) is 32.8 Å². The van der Waals surface area contributed by atoms with E-state index in [-0.39, 0.29) is 6.10 Å². The molecule has 8 heteroatoms. The van der Waals surface area contributed by atoms with E-state index in [4.69, 9.17) is 4.74 Å². The summed E-state index contributed by atoms with van der Waals surface area (Å²) < 4.78 is 31.7. The molecule has 6 nitrogen and oxygen atoms in total. The van der Waals surface area contributed by atoms with E-state index >= 15 is 0 Å². The average molecular weight is 343 g/mol. The lowest BCUT2D eigenvalue weighted by Gasteiger charge is -2.30. The molecular formula is C10H19BrN2O4S. The van der Waals surface area contributed by atoms with Crippen molar-refractivity contribution >= 4 is 32.2 Å². The van der Waals surface area contributed by atoms with Crippen LogP contribution in [-0.4, -0.2) is 43.3 Å². The number of alkyl halides is 1. The lowest BCUT2D eigenvalue weighted by atomic mass is 10.0. The molecule has 0 saturated carbocycles. The number of nitrogens with one attached hydrogen (secondary N) is 1. The smallest absolute Gasteiger partial charge is 0.422 e. The second-order valence-corrected chi connectivity index (χ2v) is 6.88. The molecule has 0 aromatic carbocycles. The van der Waals surface area contributed by atoms with Gasteiger partial charge in [0.1, 0.15) is 0 Å². The molecular weight excluding hydrogens is 324 g/mol. The number of halogens is 1. The van der Waals surface area contributed by atoms with Crippen LogP contribution in [0.1, 0.15) is 26.7 Å². The van der Waals surface area contributed by atoms with Gasteiger partial charge in [-0.2, -0.15) is 12.7 Å². The van der Waals surface area contributed by atoms with Gasteiger partial charge in [-0.3, -0.25) is 0 Å². The normalized spacial score (nSPS) is 18.9. The number of amides is 1. The Morgan fingerprint density at radius 3 is 2.44 bits per heavy atom. The van der Waals surface area contributed by atoms with Crippen molar-refractivity contribution in [1.82, 2.24) is 9.03 Å². The van der Waals surface area contributed by atoms with Crippen LogP contribution in [0.4, 0.5) is 4.79 Å².